The van der Waals surface area contributed by atoms with E-state index in [1.54, 1.807) is 4.68 Å². The van der Waals surface area contributed by atoms with Gasteiger partial charge in [-0.05, 0) is 38.1 Å². The number of aldehydes is 1. The number of carbonyl (C=O) groups excluding carboxylic acids is 1. The van der Waals surface area contributed by atoms with Gasteiger partial charge >= 0.3 is 0 Å². The summed E-state index contributed by atoms with van der Waals surface area (Å²) in [6.07, 6.45) is 0.739. The second kappa shape index (κ2) is 6.26. The summed E-state index contributed by atoms with van der Waals surface area (Å²) in [5, 5.41) is 4.43. The molecule has 1 aromatic carbocycles. The highest BCUT2D eigenvalue weighted by molar-refractivity contribution is 5.91. The van der Waals surface area contributed by atoms with Crippen LogP contribution in [-0.2, 0) is 6.54 Å². The number of allylic oxidation sites excluding steroid dienone is 1. The first kappa shape index (κ1) is 14.8. The summed E-state index contributed by atoms with van der Waals surface area (Å²) in [5.41, 5.74) is 8.70. The van der Waals surface area contributed by atoms with Crippen molar-refractivity contribution >= 4 is 12.1 Å². The molecule has 0 bridgehead atoms. The van der Waals surface area contributed by atoms with Crippen LogP contribution in [-0.4, -0.2) is 22.7 Å². The fourth-order valence-electron chi connectivity index (χ4n) is 2.07. The van der Waals surface area contributed by atoms with Crippen molar-refractivity contribution in [2.75, 3.05) is 12.3 Å². The molecule has 5 nitrogen and oxygen atoms in total. The van der Waals surface area contributed by atoms with E-state index in [1.807, 2.05) is 38.1 Å². The Bertz CT molecular complexity index is 657. The minimum Gasteiger partial charge on any atom is -0.494 e. The third-order valence-corrected chi connectivity index (χ3v) is 3.01. The van der Waals surface area contributed by atoms with E-state index in [0.29, 0.717) is 30.2 Å². The number of rotatable bonds is 6. The first-order valence-electron chi connectivity index (χ1n) is 6.75. The first-order chi connectivity index (χ1) is 10.1. The van der Waals surface area contributed by atoms with Gasteiger partial charge in [-0.2, -0.15) is 5.10 Å². The maximum Gasteiger partial charge on any atom is 0.156 e. The lowest BCUT2D eigenvalue weighted by atomic mass is 10.1. The molecule has 0 aliphatic heterocycles. The molecule has 110 valence electrons. The van der Waals surface area contributed by atoms with E-state index in [1.165, 1.54) is 0 Å². The summed E-state index contributed by atoms with van der Waals surface area (Å²) < 4.78 is 7.00. The standard InChI is InChI=1S/C16H19N3O2/c1-4-21-13-7-5-12(6-8-13)15-14(10-20)16(17)19(18-15)9-11(2)3/h5-8,10H,2,4,9,17H2,1,3H3. The van der Waals surface area contributed by atoms with Gasteiger partial charge in [-0.25, -0.2) is 4.68 Å². The lowest BCUT2D eigenvalue weighted by Crippen LogP contribution is -2.05. The van der Waals surface area contributed by atoms with Gasteiger partial charge in [0.05, 0.1) is 18.7 Å². The zero-order valence-electron chi connectivity index (χ0n) is 12.3. The molecule has 0 fully saturated rings. The van der Waals surface area contributed by atoms with Crippen molar-refractivity contribution in [1.29, 1.82) is 0 Å². The molecule has 1 aromatic heterocycles. The quantitative estimate of drug-likeness (QED) is 0.654. The molecule has 0 atom stereocenters. The van der Waals surface area contributed by atoms with Crippen molar-refractivity contribution in [1.82, 2.24) is 9.78 Å². The van der Waals surface area contributed by atoms with Crippen LogP contribution >= 0.6 is 0 Å². The van der Waals surface area contributed by atoms with Crippen LogP contribution in [0.3, 0.4) is 0 Å². The van der Waals surface area contributed by atoms with Crippen molar-refractivity contribution in [3.63, 3.8) is 0 Å². The molecule has 21 heavy (non-hydrogen) atoms. The Morgan fingerprint density at radius 2 is 2.10 bits per heavy atom. The average Bonchev–Trinajstić information content (AvgIpc) is 2.76. The maximum absolute atomic E-state index is 11.3. The van der Waals surface area contributed by atoms with E-state index in [0.717, 1.165) is 23.2 Å². The second-order valence-corrected chi connectivity index (χ2v) is 4.84. The fraction of sp³-hybridized carbons (Fsp3) is 0.250. The molecule has 0 aliphatic rings. The number of nitrogens with zero attached hydrogens (tertiary/aromatic N) is 2. The molecule has 0 saturated heterocycles. The van der Waals surface area contributed by atoms with E-state index in [2.05, 4.69) is 11.7 Å². The molecule has 5 heteroatoms. The summed E-state index contributed by atoms with van der Waals surface area (Å²) in [6.45, 7) is 8.76. The van der Waals surface area contributed by atoms with E-state index in [9.17, 15) is 4.79 Å². The van der Waals surface area contributed by atoms with E-state index in [-0.39, 0.29) is 0 Å². The number of hydrogen-bond donors (Lipinski definition) is 1. The Morgan fingerprint density at radius 3 is 2.62 bits per heavy atom. The molecule has 2 aromatic rings. The van der Waals surface area contributed by atoms with Gasteiger partial charge in [0.15, 0.2) is 6.29 Å². The Morgan fingerprint density at radius 1 is 1.43 bits per heavy atom. The molecule has 0 spiro atoms. The van der Waals surface area contributed by atoms with Gasteiger partial charge in [0.25, 0.3) is 0 Å². The van der Waals surface area contributed by atoms with Gasteiger partial charge < -0.3 is 10.5 Å². The molecule has 0 unspecified atom stereocenters. The van der Waals surface area contributed by atoms with E-state index < -0.39 is 0 Å². The van der Waals surface area contributed by atoms with E-state index >= 15 is 0 Å². The smallest absolute Gasteiger partial charge is 0.156 e. The summed E-state index contributed by atoms with van der Waals surface area (Å²) in [6, 6.07) is 7.43. The molecule has 0 radical (unpaired) electrons. The van der Waals surface area contributed by atoms with Gasteiger partial charge in [0.1, 0.15) is 17.3 Å². The van der Waals surface area contributed by atoms with Crippen LogP contribution in [0.15, 0.2) is 36.4 Å². The van der Waals surface area contributed by atoms with Crippen molar-refractivity contribution < 1.29 is 9.53 Å². The zero-order chi connectivity index (χ0) is 15.4. The minimum absolute atomic E-state index is 0.358. The lowest BCUT2D eigenvalue weighted by Gasteiger charge is -2.04. The predicted molar refractivity (Wildman–Crippen MR) is 83.4 cm³/mol. The van der Waals surface area contributed by atoms with Crippen LogP contribution < -0.4 is 10.5 Å². The van der Waals surface area contributed by atoms with Crippen molar-refractivity contribution in [2.45, 2.75) is 20.4 Å². The van der Waals surface area contributed by atoms with Crippen LogP contribution in [0, 0.1) is 0 Å². The number of ether oxygens (including phenoxy) is 1. The third kappa shape index (κ3) is 3.13. The predicted octanol–water partition coefficient (Wildman–Crippen LogP) is 2.92. The highest BCUT2D eigenvalue weighted by Gasteiger charge is 2.16. The number of anilines is 1. The SMILES string of the molecule is C=C(C)Cn1nc(-c2ccc(OCC)cc2)c(C=O)c1N. The summed E-state index contributed by atoms with van der Waals surface area (Å²) in [4.78, 5) is 11.3. The Kier molecular flexibility index (Phi) is 4.42. The number of hydrogen-bond acceptors (Lipinski definition) is 4. The average molecular weight is 285 g/mol. The van der Waals surface area contributed by atoms with Crippen LogP contribution in [0.1, 0.15) is 24.2 Å². The number of benzene rings is 1. The van der Waals surface area contributed by atoms with Gasteiger partial charge in [-0.1, -0.05) is 12.2 Å². The maximum atomic E-state index is 11.3. The highest BCUT2D eigenvalue weighted by atomic mass is 16.5. The minimum atomic E-state index is 0.358. The topological polar surface area (TPSA) is 70.1 Å². The second-order valence-electron chi connectivity index (χ2n) is 4.84. The summed E-state index contributed by atoms with van der Waals surface area (Å²) in [5.74, 6) is 1.14. The van der Waals surface area contributed by atoms with Gasteiger partial charge in [-0.3, -0.25) is 4.79 Å². The number of aromatic nitrogens is 2. The zero-order valence-corrected chi connectivity index (χ0v) is 12.3. The van der Waals surface area contributed by atoms with E-state index in [4.69, 9.17) is 10.5 Å². The monoisotopic (exact) mass is 285 g/mol. The Balaban J connectivity index is 2.42. The molecule has 1 heterocycles. The van der Waals surface area contributed by atoms with Gasteiger partial charge in [-0.15, -0.1) is 0 Å². The number of carbonyl (C=O) groups is 1. The molecule has 0 aliphatic carbocycles. The van der Waals surface area contributed by atoms with Crippen molar-refractivity contribution in [3.05, 3.63) is 42.0 Å². The molecule has 2 rings (SSSR count). The van der Waals surface area contributed by atoms with Crippen molar-refractivity contribution in [3.8, 4) is 17.0 Å². The van der Waals surface area contributed by atoms with Crippen LogP contribution in [0.2, 0.25) is 0 Å². The Labute approximate surface area is 124 Å². The number of nitrogen functional groups attached to an aromatic ring is 1. The van der Waals surface area contributed by atoms with Crippen molar-refractivity contribution in [2.24, 2.45) is 0 Å². The van der Waals surface area contributed by atoms with Crippen LogP contribution in [0.25, 0.3) is 11.3 Å². The fourth-order valence-corrected chi connectivity index (χ4v) is 2.07. The molecule has 0 saturated carbocycles. The van der Waals surface area contributed by atoms with Gasteiger partial charge in [0, 0.05) is 5.56 Å². The largest absolute Gasteiger partial charge is 0.494 e. The molecule has 0 amide bonds. The first-order valence-corrected chi connectivity index (χ1v) is 6.75. The van der Waals surface area contributed by atoms with Gasteiger partial charge in [0.2, 0.25) is 0 Å². The highest BCUT2D eigenvalue weighted by Crippen LogP contribution is 2.27. The summed E-state index contributed by atoms with van der Waals surface area (Å²) >= 11 is 0. The summed E-state index contributed by atoms with van der Waals surface area (Å²) in [7, 11) is 0. The lowest BCUT2D eigenvalue weighted by molar-refractivity contribution is 0.112. The molecular formula is C16H19N3O2. The molecule has 2 N–H and O–H groups in total. The number of nitrogens with two attached hydrogens (primary N) is 1. The van der Waals surface area contributed by atoms with Crippen LogP contribution in [0.5, 0.6) is 5.75 Å². The normalized spacial score (nSPS) is 10.4. The van der Waals surface area contributed by atoms with Crippen LogP contribution in [0.4, 0.5) is 5.82 Å². The Hall–Kier alpha value is -2.56. The molecular weight excluding hydrogens is 266 g/mol. The third-order valence-electron chi connectivity index (χ3n) is 3.01.